The molecule has 2 aromatic rings. The molecule has 6 nitrogen and oxygen atoms in total. The zero-order valence-electron chi connectivity index (χ0n) is 16.0. The predicted octanol–water partition coefficient (Wildman–Crippen LogP) is 1.96. The summed E-state index contributed by atoms with van der Waals surface area (Å²) < 4.78 is 0. The molecule has 1 unspecified atom stereocenters. The minimum absolute atomic E-state index is 0.108. The average Bonchev–Trinajstić information content (AvgIpc) is 3.03. The van der Waals surface area contributed by atoms with E-state index in [4.69, 9.17) is 4.84 Å². The van der Waals surface area contributed by atoms with Crippen LogP contribution >= 0.6 is 0 Å². The number of benzene rings is 2. The molecule has 1 aliphatic heterocycles. The van der Waals surface area contributed by atoms with E-state index >= 15 is 0 Å². The largest absolute Gasteiger partial charge is 0.392 e. The Morgan fingerprint density at radius 1 is 1.00 bits per heavy atom. The fourth-order valence-corrected chi connectivity index (χ4v) is 3.88. The molecule has 1 heterocycles. The molecule has 1 amide bonds. The van der Waals surface area contributed by atoms with Crippen LogP contribution in [-0.4, -0.2) is 72.0 Å². The lowest BCUT2D eigenvalue weighted by atomic mass is 10.1. The third-order valence-electron chi connectivity index (χ3n) is 5.36. The fraction of sp³-hybridized carbons (Fsp3) is 0.364. The van der Waals surface area contributed by atoms with Crippen molar-refractivity contribution >= 4 is 11.6 Å². The zero-order chi connectivity index (χ0) is 19.5. The van der Waals surface area contributed by atoms with Crippen molar-refractivity contribution in [3.05, 3.63) is 59.7 Å². The quantitative estimate of drug-likeness (QED) is 0.689. The number of hydrogen-bond acceptors (Lipinski definition) is 5. The summed E-state index contributed by atoms with van der Waals surface area (Å²) in [5, 5.41) is 14.7. The molecule has 2 aromatic carbocycles. The first kappa shape index (κ1) is 18.7. The number of oxime groups is 1. The van der Waals surface area contributed by atoms with Gasteiger partial charge in [0.05, 0.1) is 0 Å². The average molecular weight is 379 g/mol. The second-order valence-corrected chi connectivity index (χ2v) is 7.29. The molecule has 1 fully saturated rings. The van der Waals surface area contributed by atoms with Crippen molar-refractivity contribution in [2.24, 2.45) is 5.16 Å². The summed E-state index contributed by atoms with van der Waals surface area (Å²) in [6, 6.07) is 16.3. The van der Waals surface area contributed by atoms with Gasteiger partial charge in [-0.25, -0.2) is 0 Å². The second kappa shape index (κ2) is 8.12. The Balaban J connectivity index is 1.36. The summed E-state index contributed by atoms with van der Waals surface area (Å²) in [7, 11) is 0. The van der Waals surface area contributed by atoms with Crippen LogP contribution in [0.3, 0.4) is 0 Å². The maximum Gasteiger partial charge on any atom is 0.219 e. The van der Waals surface area contributed by atoms with E-state index in [0.29, 0.717) is 19.6 Å². The first-order valence-electron chi connectivity index (χ1n) is 9.68. The molecule has 0 spiro atoms. The lowest BCUT2D eigenvalue weighted by molar-refractivity contribution is -0.130. The van der Waals surface area contributed by atoms with Crippen molar-refractivity contribution in [2.75, 3.05) is 39.3 Å². The molecule has 0 bridgehead atoms. The van der Waals surface area contributed by atoms with E-state index < -0.39 is 6.10 Å². The Hall–Kier alpha value is -2.70. The van der Waals surface area contributed by atoms with Gasteiger partial charge in [-0.15, -0.1) is 0 Å². The van der Waals surface area contributed by atoms with Crippen molar-refractivity contribution in [2.45, 2.75) is 13.0 Å². The molecule has 146 valence electrons. The van der Waals surface area contributed by atoms with Crippen LogP contribution in [0, 0.1) is 0 Å². The number of aliphatic hydroxyl groups excluding tert-OH is 1. The predicted molar refractivity (Wildman–Crippen MR) is 108 cm³/mol. The van der Waals surface area contributed by atoms with E-state index in [1.807, 2.05) is 41.3 Å². The van der Waals surface area contributed by atoms with Crippen LogP contribution in [-0.2, 0) is 9.63 Å². The molecule has 2 aliphatic rings. The van der Waals surface area contributed by atoms with Gasteiger partial charge in [-0.2, -0.15) is 0 Å². The van der Waals surface area contributed by atoms with Gasteiger partial charge in [-0.3, -0.25) is 9.69 Å². The van der Waals surface area contributed by atoms with Crippen LogP contribution in [0.5, 0.6) is 0 Å². The monoisotopic (exact) mass is 379 g/mol. The van der Waals surface area contributed by atoms with E-state index in [2.05, 4.69) is 22.2 Å². The second-order valence-electron chi connectivity index (χ2n) is 7.29. The summed E-state index contributed by atoms with van der Waals surface area (Å²) in [5.74, 6) is 0.108. The molecule has 1 aliphatic carbocycles. The summed E-state index contributed by atoms with van der Waals surface area (Å²) in [5.41, 5.74) is 5.24. The number of fused-ring (bicyclic) bond motifs is 3. The van der Waals surface area contributed by atoms with Gasteiger partial charge in [0.15, 0.2) is 0 Å². The number of hydrogen-bond donors (Lipinski definition) is 1. The van der Waals surface area contributed by atoms with Gasteiger partial charge in [0.25, 0.3) is 0 Å². The van der Waals surface area contributed by atoms with Crippen LogP contribution in [0.15, 0.2) is 53.7 Å². The number of rotatable bonds is 5. The number of carbonyl (C=O) groups is 1. The molecular formula is C22H25N3O3. The molecular weight excluding hydrogens is 354 g/mol. The molecule has 28 heavy (non-hydrogen) atoms. The number of nitrogens with zero attached hydrogens (tertiary/aromatic N) is 3. The molecule has 1 atom stereocenters. The van der Waals surface area contributed by atoms with Crippen LogP contribution in [0.4, 0.5) is 0 Å². The van der Waals surface area contributed by atoms with Crippen LogP contribution < -0.4 is 0 Å². The SMILES string of the molecule is CC(=O)N1CCN(CC(O)CON=C2c3ccccc3-c3ccccc32)CC1. The molecule has 1 N–H and O–H groups in total. The van der Waals surface area contributed by atoms with Gasteiger partial charge < -0.3 is 14.8 Å². The summed E-state index contributed by atoms with van der Waals surface area (Å²) in [6.07, 6.45) is -0.625. The Morgan fingerprint density at radius 2 is 1.54 bits per heavy atom. The number of amides is 1. The van der Waals surface area contributed by atoms with Crippen LogP contribution in [0.1, 0.15) is 18.1 Å². The molecule has 6 heteroatoms. The van der Waals surface area contributed by atoms with Crippen molar-refractivity contribution < 1.29 is 14.7 Å². The highest BCUT2D eigenvalue weighted by molar-refractivity contribution is 6.24. The van der Waals surface area contributed by atoms with Crippen LogP contribution in [0.2, 0.25) is 0 Å². The normalized spacial score (nSPS) is 17.1. The van der Waals surface area contributed by atoms with Gasteiger partial charge in [0.1, 0.15) is 18.4 Å². The Bertz CT molecular complexity index is 841. The Labute approximate surface area is 165 Å². The molecule has 0 radical (unpaired) electrons. The van der Waals surface area contributed by atoms with Crippen molar-refractivity contribution in [1.29, 1.82) is 0 Å². The van der Waals surface area contributed by atoms with Crippen LogP contribution in [0.25, 0.3) is 11.1 Å². The lowest BCUT2D eigenvalue weighted by Gasteiger charge is -2.34. The summed E-state index contributed by atoms with van der Waals surface area (Å²) in [4.78, 5) is 20.9. The minimum Gasteiger partial charge on any atom is -0.392 e. The minimum atomic E-state index is -0.625. The van der Waals surface area contributed by atoms with Gasteiger partial charge in [0.2, 0.25) is 5.91 Å². The third-order valence-corrected chi connectivity index (χ3v) is 5.36. The molecule has 0 aromatic heterocycles. The number of carbonyl (C=O) groups excluding carboxylic acids is 1. The summed E-state index contributed by atoms with van der Waals surface area (Å²) in [6.45, 7) is 5.21. The molecule has 1 saturated heterocycles. The fourth-order valence-electron chi connectivity index (χ4n) is 3.88. The van der Waals surface area contributed by atoms with E-state index in [0.717, 1.165) is 41.1 Å². The van der Waals surface area contributed by atoms with Crippen molar-refractivity contribution in [3.63, 3.8) is 0 Å². The maximum atomic E-state index is 11.4. The van der Waals surface area contributed by atoms with E-state index in [-0.39, 0.29) is 12.5 Å². The van der Waals surface area contributed by atoms with Gasteiger partial charge in [-0.05, 0) is 11.1 Å². The Kier molecular flexibility index (Phi) is 5.41. The topological polar surface area (TPSA) is 65.4 Å². The Morgan fingerprint density at radius 3 is 2.07 bits per heavy atom. The zero-order valence-corrected chi connectivity index (χ0v) is 16.0. The highest BCUT2D eigenvalue weighted by atomic mass is 16.6. The van der Waals surface area contributed by atoms with Crippen molar-refractivity contribution in [3.8, 4) is 11.1 Å². The molecule has 4 rings (SSSR count). The number of β-amino-alcohol motifs (C(OH)–C–C–N with tert-alkyl or cyclic N) is 1. The van der Waals surface area contributed by atoms with E-state index in [1.54, 1.807) is 6.92 Å². The highest BCUT2D eigenvalue weighted by Gasteiger charge is 2.25. The van der Waals surface area contributed by atoms with Gasteiger partial charge in [-0.1, -0.05) is 53.7 Å². The maximum absolute atomic E-state index is 11.4. The number of aliphatic hydroxyl groups is 1. The smallest absolute Gasteiger partial charge is 0.219 e. The van der Waals surface area contributed by atoms with Crippen molar-refractivity contribution in [1.82, 2.24) is 9.80 Å². The van der Waals surface area contributed by atoms with E-state index in [1.165, 1.54) is 0 Å². The molecule has 0 saturated carbocycles. The van der Waals surface area contributed by atoms with Gasteiger partial charge in [0, 0.05) is 50.8 Å². The lowest BCUT2D eigenvalue weighted by Crippen LogP contribution is -2.50. The first-order chi connectivity index (χ1) is 13.6. The highest BCUT2D eigenvalue weighted by Crippen LogP contribution is 2.36. The van der Waals surface area contributed by atoms with E-state index in [9.17, 15) is 9.90 Å². The standard InChI is InChI=1S/C22H25N3O3/c1-16(26)25-12-10-24(11-13-25)14-17(27)15-28-23-22-20-8-4-2-6-18(20)19-7-3-5-9-21(19)22/h2-9,17,27H,10-15H2,1H3. The third kappa shape index (κ3) is 3.79. The summed E-state index contributed by atoms with van der Waals surface area (Å²) >= 11 is 0. The van der Waals surface area contributed by atoms with Gasteiger partial charge >= 0.3 is 0 Å². The number of piperazine rings is 1. The first-order valence-corrected chi connectivity index (χ1v) is 9.68.